The number of thiophene rings is 1. The second-order valence-electron chi connectivity index (χ2n) is 4.77. The Kier molecular flexibility index (Phi) is 4.62. The minimum Gasteiger partial charge on any atom is -0.392 e. The van der Waals surface area contributed by atoms with Crippen LogP contribution in [0.25, 0.3) is 0 Å². The van der Waals surface area contributed by atoms with Crippen molar-refractivity contribution in [3.63, 3.8) is 0 Å². The van der Waals surface area contributed by atoms with Crippen molar-refractivity contribution in [2.45, 2.75) is 30.7 Å². The maximum atomic E-state index is 12.5. The molecular weight excluding hydrogens is 284 g/mol. The van der Waals surface area contributed by atoms with E-state index in [0.29, 0.717) is 22.9 Å². The van der Waals surface area contributed by atoms with Gasteiger partial charge in [-0.1, -0.05) is 6.92 Å². The van der Waals surface area contributed by atoms with Crippen LogP contribution in [0.3, 0.4) is 0 Å². The lowest BCUT2D eigenvalue weighted by Gasteiger charge is -2.38. The molecule has 2 rings (SSSR count). The Labute approximate surface area is 118 Å². The van der Waals surface area contributed by atoms with E-state index in [0.717, 1.165) is 13.1 Å². The van der Waals surface area contributed by atoms with Crippen molar-refractivity contribution in [2.24, 2.45) is 0 Å². The zero-order chi connectivity index (χ0) is 14.0. The fraction of sp³-hybridized carbons (Fsp3) is 0.667. The molecule has 1 saturated heterocycles. The molecule has 1 unspecified atom stereocenters. The van der Waals surface area contributed by atoms with Gasteiger partial charge in [0.1, 0.15) is 4.21 Å². The highest BCUT2D eigenvalue weighted by Crippen LogP contribution is 2.25. The molecule has 0 spiro atoms. The Balaban J connectivity index is 2.17. The predicted molar refractivity (Wildman–Crippen MR) is 75.7 cm³/mol. The lowest BCUT2D eigenvalue weighted by Crippen LogP contribution is -2.53. The molecule has 19 heavy (non-hydrogen) atoms. The highest BCUT2D eigenvalue weighted by molar-refractivity contribution is 7.91. The van der Waals surface area contributed by atoms with Crippen LogP contribution in [-0.4, -0.2) is 55.0 Å². The second kappa shape index (κ2) is 5.88. The fourth-order valence-electron chi connectivity index (χ4n) is 2.35. The summed E-state index contributed by atoms with van der Waals surface area (Å²) in [5.74, 6) is 0. The van der Waals surface area contributed by atoms with E-state index in [-0.39, 0.29) is 12.6 Å². The SMILES string of the molecule is CCN1CCN(S(=O)(=O)c2cc(CO)cs2)CC1C. The van der Waals surface area contributed by atoms with Crippen molar-refractivity contribution in [2.75, 3.05) is 26.2 Å². The molecule has 0 aromatic carbocycles. The van der Waals surface area contributed by atoms with Gasteiger partial charge in [-0.15, -0.1) is 11.3 Å². The number of rotatable bonds is 4. The van der Waals surface area contributed by atoms with Crippen LogP contribution in [0.15, 0.2) is 15.7 Å². The molecule has 1 atom stereocenters. The van der Waals surface area contributed by atoms with E-state index in [1.54, 1.807) is 15.8 Å². The van der Waals surface area contributed by atoms with Crippen LogP contribution in [0.2, 0.25) is 0 Å². The number of piperazine rings is 1. The second-order valence-corrected chi connectivity index (χ2v) is 7.85. The van der Waals surface area contributed by atoms with Gasteiger partial charge in [-0.05, 0) is 30.5 Å². The summed E-state index contributed by atoms with van der Waals surface area (Å²) in [4.78, 5) is 2.28. The first-order valence-electron chi connectivity index (χ1n) is 6.41. The summed E-state index contributed by atoms with van der Waals surface area (Å²) in [6, 6.07) is 1.81. The largest absolute Gasteiger partial charge is 0.392 e. The van der Waals surface area contributed by atoms with E-state index in [4.69, 9.17) is 5.11 Å². The Morgan fingerprint density at radius 3 is 2.74 bits per heavy atom. The quantitative estimate of drug-likeness (QED) is 0.900. The third-order valence-electron chi connectivity index (χ3n) is 3.54. The zero-order valence-electron chi connectivity index (χ0n) is 11.2. The average Bonchev–Trinajstić information content (AvgIpc) is 2.88. The Morgan fingerprint density at radius 1 is 1.47 bits per heavy atom. The minimum absolute atomic E-state index is 0.119. The Hall–Kier alpha value is -0.470. The first-order valence-corrected chi connectivity index (χ1v) is 8.73. The number of likely N-dealkylation sites (N-methyl/N-ethyl adjacent to an activating group) is 1. The maximum Gasteiger partial charge on any atom is 0.252 e. The summed E-state index contributed by atoms with van der Waals surface area (Å²) >= 11 is 1.18. The maximum absolute atomic E-state index is 12.5. The monoisotopic (exact) mass is 304 g/mol. The van der Waals surface area contributed by atoms with Crippen LogP contribution < -0.4 is 0 Å². The van der Waals surface area contributed by atoms with Crippen LogP contribution >= 0.6 is 11.3 Å². The molecule has 0 amide bonds. The van der Waals surface area contributed by atoms with Gasteiger partial charge in [0.05, 0.1) is 6.61 Å². The highest BCUT2D eigenvalue weighted by Gasteiger charge is 2.32. The van der Waals surface area contributed by atoms with Gasteiger partial charge in [0.25, 0.3) is 10.0 Å². The first kappa shape index (κ1) is 14.9. The fourth-order valence-corrected chi connectivity index (χ4v) is 5.21. The van der Waals surface area contributed by atoms with Gasteiger partial charge in [0.15, 0.2) is 0 Å². The predicted octanol–water partition coefficient (Wildman–Crippen LogP) is 0.955. The van der Waals surface area contributed by atoms with Gasteiger partial charge in [-0.25, -0.2) is 8.42 Å². The third-order valence-corrected chi connectivity index (χ3v) is 6.87. The van der Waals surface area contributed by atoms with E-state index < -0.39 is 10.0 Å². The summed E-state index contributed by atoms with van der Waals surface area (Å²) in [5, 5.41) is 10.7. The number of aliphatic hydroxyl groups is 1. The average molecular weight is 304 g/mol. The number of nitrogens with zero attached hydrogens (tertiary/aromatic N) is 2. The van der Waals surface area contributed by atoms with Crippen molar-refractivity contribution < 1.29 is 13.5 Å². The highest BCUT2D eigenvalue weighted by atomic mass is 32.2. The molecule has 2 heterocycles. The van der Waals surface area contributed by atoms with Crippen LogP contribution in [0, 0.1) is 0 Å². The van der Waals surface area contributed by atoms with E-state index in [2.05, 4.69) is 18.7 Å². The first-order chi connectivity index (χ1) is 8.98. The van der Waals surface area contributed by atoms with Crippen molar-refractivity contribution in [3.8, 4) is 0 Å². The number of sulfonamides is 1. The lowest BCUT2D eigenvalue weighted by molar-refractivity contribution is 0.136. The van der Waals surface area contributed by atoms with Crippen LogP contribution in [0.5, 0.6) is 0 Å². The Morgan fingerprint density at radius 2 is 2.21 bits per heavy atom. The summed E-state index contributed by atoms with van der Waals surface area (Å²) < 4.78 is 26.9. The smallest absolute Gasteiger partial charge is 0.252 e. The number of hydrogen-bond acceptors (Lipinski definition) is 5. The lowest BCUT2D eigenvalue weighted by atomic mass is 10.2. The van der Waals surface area contributed by atoms with Crippen LogP contribution in [0.1, 0.15) is 19.4 Å². The zero-order valence-corrected chi connectivity index (χ0v) is 12.9. The van der Waals surface area contributed by atoms with Crippen molar-refractivity contribution >= 4 is 21.4 Å². The van der Waals surface area contributed by atoms with E-state index in [1.165, 1.54) is 11.3 Å². The molecule has 0 saturated carbocycles. The van der Waals surface area contributed by atoms with Crippen molar-refractivity contribution in [1.82, 2.24) is 9.21 Å². The van der Waals surface area contributed by atoms with E-state index in [1.807, 2.05) is 0 Å². The molecule has 1 fully saturated rings. The Bertz CT molecular complexity index is 527. The molecular formula is C12H20N2O3S2. The molecule has 1 aliphatic rings. The minimum atomic E-state index is -3.40. The normalized spacial score (nSPS) is 22.8. The molecule has 1 aliphatic heterocycles. The van der Waals surface area contributed by atoms with Crippen LogP contribution in [0.4, 0.5) is 0 Å². The standard InChI is InChI=1S/C12H20N2O3S2/c1-3-13-4-5-14(7-10(13)2)19(16,17)12-6-11(8-15)9-18-12/h6,9-10,15H,3-5,7-8H2,1-2H3. The molecule has 108 valence electrons. The molecule has 5 nitrogen and oxygen atoms in total. The number of aliphatic hydroxyl groups excluding tert-OH is 1. The molecule has 7 heteroatoms. The summed E-state index contributed by atoms with van der Waals surface area (Å²) in [5.41, 5.74) is 0.656. The number of hydrogen-bond donors (Lipinski definition) is 1. The van der Waals surface area contributed by atoms with Crippen molar-refractivity contribution in [3.05, 3.63) is 17.0 Å². The van der Waals surface area contributed by atoms with E-state index >= 15 is 0 Å². The molecule has 1 aromatic heterocycles. The molecule has 1 N–H and O–H groups in total. The van der Waals surface area contributed by atoms with Crippen molar-refractivity contribution in [1.29, 1.82) is 0 Å². The molecule has 0 radical (unpaired) electrons. The van der Waals surface area contributed by atoms with Gasteiger partial charge in [0.2, 0.25) is 0 Å². The summed E-state index contributed by atoms with van der Waals surface area (Å²) in [6.07, 6.45) is 0. The van der Waals surface area contributed by atoms with Gasteiger partial charge in [-0.3, -0.25) is 4.90 Å². The third kappa shape index (κ3) is 3.00. The topological polar surface area (TPSA) is 60.9 Å². The molecule has 0 bridgehead atoms. The summed E-state index contributed by atoms with van der Waals surface area (Å²) in [7, 11) is -3.40. The molecule has 0 aliphatic carbocycles. The van der Waals surface area contributed by atoms with Gasteiger partial charge in [0, 0.05) is 25.7 Å². The molecule has 1 aromatic rings. The van der Waals surface area contributed by atoms with Crippen LogP contribution in [-0.2, 0) is 16.6 Å². The van der Waals surface area contributed by atoms with E-state index in [9.17, 15) is 8.42 Å². The van der Waals surface area contributed by atoms with Gasteiger partial charge < -0.3 is 5.11 Å². The van der Waals surface area contributed by atoms with Gasteiger partial charge >= 0.3 is 0 Å². The van der Waals surface area contributed by atoms with Gasteiger partial charge in [-0.2, -0.15) is 4.31 Å². The summed E-state index contributed by atoms with van der Waals surface area (Å²) in [6.45, 7) is 6.81.